The zero-order chi connectivity index (χ0) is 23.7. The number of aromatic nitrogens is 1. The lowest BCUT2D eigenvalue weighted by atomic mass is 10.00. The fraction of sp³-hybridized carbons (Fsp3) is 0.250. The topological polar surface area (TPSA) is 30.2 Å². The van der Waals surface area contributed by atoms with Gasteiger partial charge in [0.2, 0.25) is 5.69 Å². The number of carbonyl (C=O) groups is 1. The van der Waals surface area contributed by atoms with Crippen LogP contribution >= 0.6 is 0 Å². The molecule has 0 aliphatic heterocycles. The maximum absolute atomic E-state index is 12.8. The lowest BCUT2D eigenvalue weighted by Crippen LogP contribution is -2.46. The van der Waals surface area contributed by atoms with Crippen molar-refractivity contribution in [2.45, 2.75) is 33.2 Å². The summed E-state index contributed by atoms with van der Waals surface area (Å²) >= 11 is 0. The van der Waals surface area contributed by atoms with Gasteiger partial charge in [0.05, 0.1) is 6.61 Å². The van der Waals surface area contributed by atoms with E-state index >= 15 is 0 Å². The Hall–Kier alpha value is -3.16. The summed E-state index contributed by atoms with van der Waals surface area (Å²) in [5.74, 6) is -0.284. The molecule has 3 nitrogen and oxygen atoms in total. The van der Waals surface area contributed by atoms with Crippen molar-refractivity contribution in [3.8, 4) is 22.4 Å². The van der Waals surface area contributed by atoms with E-state index in [0.29, 0.717) is 12.3 Å². The number of carbonyl (C=O) groups excluding carboxylic acids is 1. The van der Waals surface area contributed by atoms with E-state index in [1.54, 1.807) is 0 Å². The molecule has 32 heavy (non-hydrogen) atoms. The van der Waals surface area contributed by atoms with Crippen molar-refractivity contribution in [2.75, 3.05) is 6.61 Å². The smallest absolute Gasteiger partial charge is 0.458 e. The van der Waals surface area contributed by atoms with Gasteiger partial charge in [-0.25, -0.2) is 4.79 Å². The van der Waals surface area contributed by atoms with Gasteiger partial charge >= 0.3 is 13.2 Å². The highest BCUT2D eigenvalue weighted by atomic mass is 19.5. The Labute approximate surface area is 185 Å². The fourth-order valence-corrected chi connectivity index (χ4v) is 3.25. The number of nitrogens with zero attached hydrogens (tertiary/aromatic N) is 1. The molecule has 0 amide bonds. The van der Waals surface area contributed by atoms with Crippen LogP contribution in [0, 0.1) is 0 Å². The normalized spacial score (nSPS) is 11.8. The second-order valence-electron chi connectivity index (χ2n) is 7.09. The first-order valence-electron chi connectivity index (χ1n) is 10.4. The number of rotatable bonds is 6. The van der Waals surface area contributed by atoms with Crippen LogP contribution in [0.3, 0.4) is 0 Å². The van der Waals surface area contributed by atoms with Crippen molar-refractivity contribution >= 4 is 13.2 Å². The molecule has 0 fully saturated rings. The van der Waals surface area contributed by atoms with Crippen molar-refractivity contribution in [1.82, 2.24) is 0 Å². The largest absolute Gasteiger partial charge is 0.673 e. The second-order valence-corrected chi connectivity index (χ2v) is 7.09. The Morgan fingerprint density at radius 2 is 1.38 bits per heavy atom. The molecule has 1 heterocycles. The van der Waals surface area contributed by atoms with Gasteiger partial charge < -0.3 is 22.0 Å². The van der Waals surface area contributed by atoms with Gasteiger partial charge in [0, 0.05) is 24.1 Å². The quantitative estimate of drug-likeness (QED) is 0.181. The Balaban J connectivity index is 0.000000654. The highest BCUT2D eigenvalue weighted by Gasteiger charge is 2.30. The van der Waals surface area contributed by atoms with Crippen molar-refractivity contribution in [2.24, 2.45) is 0 Å². The second kappa shape index (κ2) is 11.5. The summed E-state index contributed by atoms with van der Waals surface area (Å²) in [6, 6.07) is 24.6. The van der Waals surface area contributed by atoms with Crippen molar-refractivity contribution in [1.29, 1.82) is 0 Å². The Bertz CT molecular complexity index is 1010. The minimum Gasteiger partial charge on any atom is -0.458 e. The predicted octanol–water partition coefficient (Wildman–Crippen LogP) is 6.76. The molecule has 0 radical (unpaired) electrons. The van der Waals surface area contributed by atoms with Gasteiger partial charge in [-0.15, -0.1) is 0 Å². The highest BCUT2D eigenvalue weighted by Crippen LogP contribution is 2.27. The Morgan fingerprint density at radius 1 is 0.875 bits per heavy atom. The molecule has 0 saturated heterocycles. The molecular weight excluding hydrogens is 421 g/mol. The standard InChI is InChI=1S/C24H26NO2.BF4/c1-4-18(3)25-22(20-14-10-7-11-15-20)16-21(19-12-8-6-9-13-19)17-23(25)24(26)27-5-2;2-1(3,4)5/h6-18H,4-5H2,1-3H3;/q+1;-1. The van der Waals surface area contributed by atoms with Crippen LogP contribution in [-0.2, 0) is 4.74 Å². The third kappa shape index (κ3) is 7.22. The third-order valence-electron chi connectivity index (χ3n) is 4.80. The van der Waals surface area contributed by atoms with E-state index in [1.165, 1.54) is 0 Å². The van der Waals surface area contributed by atoms with Crippen LogP contribution in [0.15, 0.2) is 72.8 Å². The number of esters is 1. The van der Waals surface area contributed by atoms with Crippen molar-refractivity contribution in [3.63, 3.8) is 0 Å². The van der Waals surface area contributed by atoms with Crippen LogP contribution in [0.25, 0.3) is 22.4 Å². The molecular formula is C24H26BF4NO2. The van der Waals surface area contributed by atoms with Gasteiger partial charge in [-0.1, -0.05) is 55.5 Å². The number of pyridine rings is 1. The molecule has 3 aromatic rings. The maximum Gasteiger partial charge on any atom is 0.673 e. The predicted molar refractivity (Wildman–Crippen MR) is 119 cm³/mol. The molecule has 1 atom stereocenters. The maximum atomic E-state index is 12.8. The number of halogens is 4. The lowest BCUT2D eigenvalue weighted by molar-refractivity contribution is -0.711. The summed E-state index contributed by atoms with van der Waals surface area (Å²) in [5, 5.41) is 0. The summed E-state index contributed by atoms with van der Waals surface area (Å²) in [5.41, 5.74) is 4.79. The molecule has 0 saturated carbocycles. The van der Waals surface area contributed by atoms with Crippen LogP contribution in [0.5, 0.6) is 0 Å². The van der Waals surface area contributed by atoms with E-state index in [0.717, 1.165) is 28.8 Å². The molecule has 170 valence electrons. The van der Waals surface area contributed by atoms with Crippen LogP contribution in [0.4, 0.5) is 17.3 Å². The van der Waals surface area contributed by atoms with Gasteiger partial charge in [-0.3, -0.25) is 0 Å². The zero-order valence-corrected chi connectivity index (χ0v) is 18.3. The van der Waals surface area contributed by atoms with E-state index in [9.17, 15) is 22.1 Å². The van der Waals surface area contributed by atoms with E-state index in [1.807, 2.05) is 49.4 Å². The van der Waals surface area contributed by atoms with Crippen molar-refractivity contribution < 1.29 is 31.4 Å². The molecule has 0 N–H and O–H groups in total. The van der Waals surface area contributed by atoms with Crippen LogP contribution in [0.2, 0.25) is 0 Å². The summed E-state index contributed by atoms with van der Waals surface area (Å²) in [6.07, 6.45) is 0.918. The molecule has 0 aliphatic carbocycles. The van der Waals surface area contributed by atoms with Crippen LogP contribution in [-0.4, -0.2) is 19.8 Å². The first-order valence-corrected chi connectivity index (χ1v) is 10.4. The lowest BCUT2D eigenvalue weighted by Gasteiger charge is -2.15. The van der Waals surface area contributed by atoms with Crippen LogP contribution < -0.4 is 4.57 Å². The molecule has 1 aromatic heterocycles. The van der Waals surface area contributed by atoms with Gasteiger partial charge in [-0.05, 0) is 37.1 Å². The zero-order valence-electron chi connectivity index (χ0n) is 18.3. The number of ether oxygens (including phenoxy) is 1. The Morgan fingerprint density at radius 3 is 1.84 bits per heavy atom. The number of hydrogen-bond donors (Lipinski definition) is 0. The molecule has 8 heteroatoms. The van der Waals surface area contributed by atoms with Gasteiger partial charge in [0.25, 0.3) is 5.69 Å². The van der Waals surface area contributed by atoms with E-state index in [-0.39, 0.29) is 12.0 Å². The molecule has 0 bridgehead atoms. The molecule has 0 aliphatic rings. The number of hydrogen-bond acceptors (Lipinski definition) is 2. The molecule has 1 unspecified atom stereocenters. The molecule has 2 aromatic carbocycles. The number of benzene rings is 2. The summed E-state index contributed by atoms with van der Waals surface area (Å²) in [6.45, 7) is 6.46. The SMILES string of the molecule is CCOC(=O)c1cc(-c2ccccc2)cc(-c2ccccc2)[n+]1C(C)CC.F[B-](F)(F)F. The molecule has 0 spiro atoms. The monoisotopic (exact) mass is 447 g/mol. The fourth-order valence-electron chi connectivity index (χ4n) is 3.25. The average molecular weight is 447 g/mol. The summed E-state index contributed by atoms with van der Waals surface area (Å²) < 4.78 is 46.5. The first kappa shape index (κ1) is 25.1. The summed E-state index contributed by atoms with van der Waals surface area (Å²) in [4.78, 5) is 12.8. The average Bonchev–Trinajstić information content (AvgIpc) is 2.78. The minimum atomic E-state index is -6.00. The summed E-state index contributed by atoms with van der Waals surface area (Å²) in [7, 11) is -6.00. The van der Waals surface area contributed by atoms with Gasteiger partial charge in [0.1, 0.15) is 0 Å². The van der Waals surface area contributed by atoms with E-state index in [2.05, 4.69) is 48.7 Å². The van der Waals surface area contributed by atoms with E-state index in [4.69, 9.17) is 4.74 Å². The van der Waals surface area contributed by atoms with Gasteiger partial charge in [0.15, 0.2) is 6.04 Å². The Kier molecular flexibility index (Phi) is 8.99. The van der Waals surface area contributed by atoms with Crippen LogP contribution in [0.1, 0.15) is 43.7 Å². The molecule has 3 rings (SSSR count). The van der Waals surface area contributed by atoms with E-state index < -0.39 is 7.25 Å². The minimum absolute atomic E-state index is 0.171. The first-order chi connectivity index (χ1) is 15.2. The van der Waals surface area contributed by atoms with Gasteiger partial charge in [-0.2, -0.15) is 4.57 Å². The highest BCUT2D eigenvalue weighted by molar-refractivity contribution is 6.50. The van der Waals surface area contributed by atoms with Crippen molar-refractivity contribution in [3.05, 3.63) is 78.5 Å². The third-order valence-corrected chi connectivity index (χ3v) is 4.80.